The Labute approximate surface area is 206 Å². The highest BCUT2D eigenvalue weighted by atomic mass is 19.4. The van der Waals surface area contributed by atoms with Gasteiger partial charge in [-0.1, -0.05) is 66.7 Å². The molecule has 7 nitrogen and oxygen atoms in total. The molecule has 3 aromatic carbocycles. The number of nitrogens with one attached hydrogen (secondary N) is 2. The predicted octanol–water partition coefficient (Wildman–Crippen LogP) is 3.88. The van der Waals surface area contributed by atoms with Crippen LogP contribution in [-0.2, 0) is 22.7 Å². The van der Waals surface area contributed by atoms with Crippen molar-refractivity contribution in [3.8, 4) is 11.1 Å². The van der Waals surface area contributed by atoms with Gasteiger partial charge in [0.2, 0.25) is 5.91 Å². The second-order valence-corrected chi connectivity index (χ2v) is 7.72. The summed E-state index contributed by atoms with van der Waals surface area (Å²) in [5.41, 5.74) is 9.95. The Balaban J connectivity index is 0.000000572. The number of carboxylic acids is 1. The van der Waals surface area contributed by atoms with Crippen molar-refractivity contribution >= 4 is 17.8 Å². The molecule has 0 aliphatic carbocycles. The van der Waals surface area contributed by atoms with Crippen LogP contribution in [0, 0.1) is 0 Å². The first-order chi connectivity index (χ1) is 17.0. The van der Waals surface area contributed by atoms with Crippen molar-refractivity contribution in [3.05, 3.63) is 95.6 Å². The second-order valence-electron chi connectivity index (χ2n) is 7.72. The number of carboxylic acid groups (broad SMARTS) is 1. The van der Waals surface area contributed by atoms with E-state index < -0.39 is 18.2 Å². The van der Waals surface area contributed by atoms with Gasteiger partial charge >= 0.3 is 12.1 Å². The minimum Gasteiger partial charge on any atom is -0.475 e. The SMILES string of the molecule is C[C@H](N)C(=O)NCc1cccc(-c2ccccc2C(=O)NCc2ccccc2)c1.O=C(O)C(F)(F)F. The van der Waals surface area contributed by atoms with Crippen LogP contribution in [0.15, 0.2) is 78.9 Å². The fraction of sp³-hybridized carbons (Fsp3) is 0.192. The molecule has 36 heavy (non-hydrogen) atoms. The van der Waals surface area contributed by atoms with Gasteiger partial charge in [0.25, 0.3) is 5.91 Å². The van der Waals surface area contributed by atoms with Crippen molar-refractivity contribution in [3.63, 3.8) is 0 Å². The molecule has 0 aromatic heterocycles. The van der Waals surface area contributed by atoms with Gasteiger partial charge in [0.1, 0.15) is 0 Å². The van der Waals surface area contributed by atoms with Crippen LogP contribution in [-0.4, -0.2) is 35.1 Å². The van der Waals surface area contributed by atoms with Crippen molar-refractivity contribution in [2.45, 2.75) is 32.2 Å². The largest absolute Gasteiger partial charge is 0.490 e. The summed E-state index contributed by atoms with van der Waals surface area (Å²) < 4.78 is 31.7. The molecule has 1 atom stereocenters. The van der Waals surface area contributed by atoms with E-state index in [1.54, 1.807) is 6.92 Å². The van der Waals surface area contributed by atoms with Gasteiger partial charge in [-0.25, -0.2) is 4.79 Å². The van der Waals surface area contributed by atoms with Crippen molar-refractivity contribution in [2.24, 2.45) is 5.73 Å². The van der Waals surface area contributed by atoms with Crippen LogP contribution < -0.4 is 16.4 Å². The number of hydrogen-bond donors (Lipinski definition) is 4. The summed E-state index contributed by atoms with van der Waals surface area (Å²) in [4.78, 5) is 33.4. The molecule has 0 spiro atoms. The van der Waals surface area contributed by atoms with E-state index in [9.17, 15) is 22.8 Å². The van der Waals surface area contributed by atoms with E-state index in [2.05, 4.69) is 10.6 Å². The van der Waals surface area contributed by atoms with Gasteiger partial charge in [-0.2, -0.15) is 13.2 Å². The maximum Gasteiger partial charge on any atom is 0.490 e. The van der Waals surface area contributed by atoms with E-state index in [4.69, 9.17) is 15.6 Å². The minimum absolute atomic E-state index is 0.125. The van der Waals surface area contributed by atoms with Crippen molar-refractivity contribution in [1.29, 1.82) is 0 Å². The molecule has 3 aromatic rings. The molecule has 10 heteroatoms. The number of carbonyl (C=O) groups excluding carboxylic acids is 2. The summed E-state index contributed by atoms with van der Waals surface area (Å²) in [5, 5.41) is 12.9. The van der Waals surface area contributed by atoms with Crippen LogP contribution in [0.1, 0.15) is 28.4 Å². The Morgan fingerprint density at radius 3 is 2.03 bits per heavy atom. The van der Waals surface area contributed by atoms with Crippen LogP contribution in [0.2, 0.25) is 0 Å². The van der Waals surface area contributed by atoms with Crippen molar-refractivity contribution in [2.75, 3.05) is 0 Å². The number of amides is 2. The van der Waals surface area contributed by atoms with Gasteiger partial charge in [-0.3, -0.25) is 9.59 Å². The monoisotopic (exact) mass is 501 g/mol. The average molecular weight is 502 g/mol. The van der Waals surface area contributed by atoms with Crippen LogP contribution in [0.3, 0.4) is 0 Å². The Bertz CT molecular complexity index is 1180. The third kappa shape index (κ3) is 8.88. The first-order valence-corrected chi connectivity index (χ1v) is 10.8. The second kappa shape index (κ2) is 13.1. The number of halogens is 3. The number of benzene rings is 3. The summed E-state index contributed by atoms with van der Waals surface area (Å²) in [6.07, 6.45) is -5.08. The third-order valence-electron chi connectivity index (χ3n) is 4.83. The molecule has 5 N–H and O–H groups in total. The van der Waals surface area contributed by atoms with Crippen LogP contribution >= 0.6 is 0 Å². The van der Waals surface area contributed by atoms with Gasteiger partial charge in [0, 0.05) is 18.7 Å². The number of hydrogen-bond acceptors (Lipinski definition) is 4. The molecular weight excluding hydrogens is 475 g/mol. The highest BCUT2D eigenvalue weighted by Gasteiger charge is 2.38. The summed E-state index contributed by atoms with van der Waals surface area (Å²) in [5.74, 6) is -3.08. The van der Waals surface area contributed by atoms with E-state index in [1.807, 2.05) is 78.9 Å². The topological polar surface area (TPSA) is 122 Å². The lowest BCUT2D eigenvalue weighted by atomic mass is 9.97. The molecule has 0 unspecified atom stereocenters. The zero-order valence-electron chi connectivity index (χ0n) is 19.4. The van der Waals surface area contributed by atoms with Crippen molar-refractivity contribution in [1.82, 2.24) is 10.6 Å². The maximum absolute atomic E-state index is 12.8. The Morgan fingerprint density at radius 1 is 0.861 bits per heavy atom. The molecule has 2 amide bonds. The highest BCUT2D eigenvalue weighted by molar-refractivity contribution is 6.00. The van der Waals surface area contributed by atoms with Gasteiger partial charge in [-0.05, 0) is 41.3 Å². The molecule has 0 saturated carbocycles. The number of rotatable bonds is 7. The lowest BCUT2D eigenvalue weighted by Crippen LogP contribution is -2.37. The number of carbonyl (C=O) groups is 3. The first-order valence-electron chi connectivity index (χ1n) is 10.8. The molecule has 190 valence electrons. The van der Waals surface area contributed by atoms with Crippen LogP contribution in [0.25, 0.3) is 11.1 Å². The van der Waals surface area contributed by atoms with Gasteiger partial charge in [0.15, 0.2) is 0 Å². The van der Waals surface area contributed by atoms with Crippen LogP contribution in [0.5, 0.6) is 0 Å². The van der Waals surface area contributed by atoms with Crippen LogP contribution in [0.4, 0.5) is 13.2 Å². The van der Waals surface area contributed by atoms with Crippen molar-refractivity contribution < 1.29 is 32.7 Å². The van der Waals surface area contributed by atoms with Gasteiger partial charge in [0.05, 0.1) is 6.04 Å². The zero-order valence-corrected chi connectivity index (χ0v) is 19.4. The molecule has 3 rings (SSSR count). The molecule has 0 fully saturated rings. The fourth-order valence-electron chi connectivity index (χ4n) is 3.01. The maximum atomic E-state index is 12.8. The first kappa shape index (κ1) is 28.1. The quantitative estimate of drug-likeness (QED) is 0.392. The summed E-state index contributed by atoms with van der Waals surface area (Å²) in [7, 11) is 0. The number of nitrogens with two attached hydrogens (primary N) is 1. The molecule has 0 heterocycles. The van der Waals surface area contributed by atoms with E-state index in [-0.39, 0.29) is 11.8 Å². The molecule has 0 radical (unpaired) electrons. The Morgan fingerprint density at radius 2 is 1.42 bits per heavy atom. The molecule has 0 saturated heterocycles. The summed E-state index contributed by atoms with van der Waals surface area (Å²) >= 11 is 0. The van der Waals surface area contributed by atoms with Gasteiger partial charge in [-0.15, -0.1) is 0 Å². The molecule has 0 aliphatic heterocycles. The summed E-state index contributed by atoms with van der Waals surface area (Å²) in [6, 6.07) is 24.6. The van der Waals surface area contributed by atoms with E-state index in [0.29, 0.717) is 18.7 Å². The normalized spacial score (nSPS) is 11.5. The molecule has 0 bridgehead atoms. The molecular formula is C26H26F3N3O4. The predicted molar refractivity (Wildman–Crippen MR) is 129 cm³/mol. The zero-order chi connectivity index (χ0) is 26.7. The minimum atomic E-state index is -5.08. The highest BCUT2D eigenvalue weighted by Crippen LogP contribution is 2.25. The fourth-order valence-corrected chi connectivity index (χ4v) is 3.01. The lowest BCUT2D eigenvalue weighted by Gasteiger charge is -2.12. The van der Waals surface area contributed by atoms with E-state index in [1.165, 1.54) is 0 Å². The Hall–Kier alpha value is -4.18. The van der Waals surface area contributed by atoms with Gasteiger partial charge < -0.3 is 21.5 Å². The van der Waals surface area contributed by atoms with E-state index >= 15 is 0 Å². The Kier molecular flexibility index (Phi) is 10.2. The average Bonchev–Trinajstić information content (AvgIpc) is 2.86. The van der Waals surface area contributed by atoms with E-state index in [0.717, 1.165) is 22.3 Å². The number of aliphatic carboxylic acids is 1. The third-order valence-corrected chi connectivity index (χ3v) is 4.83. The standard InChI is InChI=1S/C24H25N3O2.C2HF3O2/c1-17(25)23(28)26-16-19-10-7-11-20(14-19)21-12-5-6-13-22(21)24(29)27-15-18-8-3-2-4-9-18;3-2(4,5)1(6)7/h2-14,17H,15-16,25H2,1H3,(H,26,28)(H,27,29);(H,6,7)/t17-;/m0./s1. The molecule has 0 aliphatic rings. The number of alkyl halides is 3. The smallest absolute Gasteiger partial charge is 0.475 e. The summed E-state index contributed by atoms with van der Waals surface area (Å²) in [6.45, 7) is 2.50. The lowest BCUT2D eigenvalue weighted by molar-refractivity contribution is -0.192.